The lowest BCUT2D eigenvalue weighted by molar-refractivity contribution is 0.551. The number of fused-ring (bicyclic) bond motifs is 1. The van der Waals surface area contributed by atoms with Crippen molar-refractivity contribution < 1.29 is 8.78 Å². The summed E-state index contributed by atoms with van der Waals surface area (Å²) in [5, 5.41) is 3.35. The number of hydrogen-bond donors (Lipinski definition) is 1. The average Bonchev–Trinajstić information content (AvgIpc) is 2.96. The van der Waals surface area contributed by atoms with Crippen LogP contribution in [0.1, 0.15) is 6.42 Å². The monoisotopic (exact) mass is 210 g/mol. The second-order valence-electron chi connectivity index (χ2n) is 4.15. The van der Waals surface area contributed by atoms with Crippen LogP contribution in [-0.4, -0.2) is 25.2 Å². The molecule has 1 aliphatic carbocycles. The lowest BCUT2D eigenvalue weighted by atomic mass is 10.2. The maximum absolute atomic E-state index is 13.5. The summed E-state index contributed by atoms with van der Waals surface area (Å²) in [6, 6.07) is 4.71. The minimum atomic E-state index is -0.515. The smallest absolute Gasteiger partial charge is 0.149 e. The minimum Gasteiger partial charge on any atom is -0.363 e. The van der Waals surface area contributed by atoms with Crippen LogP contribution in [0.15, 0.2) is 18.2 Å². The molecule has 2 aliphatic rings. The normalized spacial score (nSPS) is 28.8. The van der Waals surface area contributed by atoms with Crippen molar-refractivity contribution in [3.05, 3.63) is 29.8 Å². The fraction of sp³-hybridized carbons (Fsp3) is 0.455. The second kappa shape index (κ2) is 3.17. The molecule has 1 aliphatic heterocycles. The summed E-state index contributed by atoms with van der Waals surface area (Å²) >= 11 is 0. The number of halogens is 2. The summed E-state index contributed by atoms with van der Waals surface area (Å²) in [7, 11) is 0. The number of nitrogens with zero attached hydrogens (tertiary/aromatic N) is 1. The van der Waals surface area contributed by atoms with Crippen molar-refractivity contribution in [3.63, 3.8) is 0 Å². The Kier molecular flexibility index (Phi) is 1.92. The van der Waals surface area contributed by atoms with Gasteiger partial charge in [0.2, 0.25) is 0 Å². The van der Waals surface area contributed by atoms with E-state index in [1.165, 1.54) is 12.1 Å². The van der Waals surface area contributed by atoms with Gasteiger partial charge in [0.15, 0.2) is 0 Å². The molecular formula is C11H12F2N2. The highest BCUT2D eigenvalue weighted by atomic mass is 19.1. The van der Waals surface area contributed by atoms with Crippen LogP contribution in [0.3, 0.4) is 0 Å². The van der Waals surface area contributed by atoms with Crippen molar-refractivity contribution in [2.24, 2.45) is 0 Å². The highest BCUT2D eigenvalue weighted by Crippen LogP contribution is 2.35. The summed E-state index contributed by atoms with van der Waals surface area (Å²) in [5.74, 6) is -0.971. The molecule has 2 fully saturated rings. The van der Waals surface area contributed by atoms with Gasteiger partial charge in [-0.15, -0.1) is 0 Å². The molecule has 0 amide bonds. The van der Waals surface area contributed by atoms with Gasteiger partial charge >= 0.3 is 0 Å². The first-order valence-electron chi connectivity index (χ1n) is 5.21. The minimum absolute atomic E-state index is 0.402. The molecule has 1 heterocycles. The van der Waals surface area contributed by atoms with Crippen LogP contribution in [0.25, 0.3) is 0 Å². The Bertz CT molecular complexity index is 394. The molecule has 1 N–H and O–H groups in total. The fourth-order valence-corrected chi connectivity index (χ4v) is 2.29. The molecular weight excluding hydrogens is 198 g/mol. The Balaban J connectivity index is 1.91. The first kappa shape index (κ1) is 9.09. The summed E-state index contributed by atoms with van der Waals surface area (Å²) in [6.45, 7) is 1.67. The molecule has 80 valence electrons. The van der Waals surface area contributed by atoms with Gasteiger partial charge in [-0.2, -0.15) is 0 Å². The van der Waals surface area contributed by atoms with Gasteiger partial charge in [-0.25, -0.2) is 8.78 Å². The van der Waals surface area contributed by atoms with E-state index in [2.05, 4.69) is 5.32 Å². The molecule has 4 heteroatoms. The zero-order valence-electron chi connectivity index (χ0n) is 8.21. The quantitative estimate of drug-likeness (QED) is 0.756. The van der Waals surface area contributed by atoms with Gasteiger partial charge in [0.1, 0.15) is 11.6 Å². The third-order valence-corrected chi connectivity index (χ3v) is 3.14. The molecule has 1 saturated heterocycles. The van der Waals surface area contributed by atoms with Crippen molar-refractivity contribution in [1.82, 2.24) is 5.32 Å². The van der Waals surface area contributed by atoms with Gasteiger partial charge in [-0.05, 0) is 18.6 Å². The molecule has 0 bridgehead atoms. The van der Waals surface area contributed by atoms with Gasteiger partial charge in [-0.3, -0.25) is 0 Å². The number of nitrogens with one attached hydrogen (secondary N) is 1. The van der Waals surface area contributed by atoms with Crippen molar-refractivity contribution in [3.8, 4) is 0 Å². The Morgan fingerprint density at radius 3 is 3.00 bits per heavy atom. The molecule has 2 atom stereocenters. The summed E-state index contributed by atoms with van der Waals surface area (Å²) in [5.41, 5.74) is 0.533. The number of hydrogen-bond acceptors (Lipinski definition) is 2. The first-order valence-corrected chi connectivity index (χ1v) is 5.21. The van der Waals surface area contributed by atoms with Gasteiger partial charge in [-0.1, -0.05) is 0 Å². The summed E-state index contributed by atoms with van der Waals surface area (Å²) in [6.07, 6.45) is 1.07. The molecule has 0 aromatic heterocycles. The maximum atomic E-state index is 13.5. The largest absolute Gasteiger partial charge is 0.363 e. The van der Waals surface area contributed by atoms with Crippen LogP contribution >= 0.6 is 0 Å². The predicted molar refractivity (Wildman–Crippen MR) is 53.9 cm³/mol. The van der Waals surface area contributed by atoms with E-state index < -0.39 is 11.6 Å². The van der Waals surface area contributed by atoms with Crippen LogP contribution in [0.2, 0.25) is 0 Å². The van der Waals surface area contributed by atoms with E-state index in [9.17, 15) is 8.78 Å². The van der Waals surface area contributed by atoms with Gasteiger partial charge in [0.25, 0.3) is 0 Å². The lowest BCUT2D eigenvalue weighted by Gasteiger charge is -2.29. The third-order valence-electron chi connectivity index (χ3n) is 3.14. The van der Waals surface area contributed by atoms with Crippen LogP contribution in [0.5, 0.6) is 0 Å². The van der Waals surface area contributed by atoms with E-state index in [0.717, 1.165) is 25.6 Å². The Morgan fingerprint density at radius 1 is 1.33 bits per heavy atom. The molecule has 2 nitrogen and oxygen atoms in total. The molecule has 0 spiro atoms. The second-order valence-corrected chi connectivity index (χ2v) is 4.15. The molecule has 1 aromatic carbocycles. The summed E-state index contributed by atoms with van der Waals surface area (Å²) in [4.78, 5) is 2.04. The third kappa shape index (κ3) is 1.49. The number of rotatable bonds is 1. The van der Waals surface area contributed by atoms with E-state index >= 15 is 0 Å². The number of piperazine rings is 1. The van der Waals surface area contributed by atoms with Crippen LogP contribution < -0.4 is 10.2 Å². The number of anilines is 1. The standard InChI is InChI=1S/C11H12F2N2/c12-7-1-2-10(8(13)5-7)15-4-3-14-9-6-11(9)15/h1-2,5,9,11,14H,3-4,6H2/t9-,11+/m1/s1. The Hall–Kier alpha value is -1.16. The lowest BCUT2D eigenvalue weighted by Crippen LogP contribution is -2.43. The van der Waals surface area contributed by atoms with Crippen LogP contribution in [0, 0.1) is 11.6 Å². The first-order chi connectivity index (χ1) is 7.25. The van der Waals surface area contributed by atoms with Crippen LogP contribution in [0.4, 0.5) is 14.5 Å². The highest BCUT2D eigenvalue weighted by molar-refractivity contribution is 5.51. The van der Waals surface area contributed by atoms with Crippen LogP contribution in [-0.2, 0) is 0 Å². The SMILES string of the molecule is Fc1ccc(N2CCN[C@@H]3C[C@@H]32)c(F)c1. The molecule has 0 unspecified atom stereocenters. The molecule has 3 rings (SSSR count). The van der Waals surface area contributed by atoms with E-state index in [4.69, 9.17) is 0 Å². The topological polar surface area (TPSA) is 15.3 Å². The van der Waals surface area contributed by atoms with E-state index in [0.29, 0.717) is 17.8 Å². The average molecular weight is 210 g/mol. The van der Waals surface area contributed by atoms with Crippen molar-refractivity contribution in [2.45, 2.75) is 18.5 Å². The molecule has 1 saturated carbocycles. The predicted octanol–water partition coefficient (Wildman–Crippen LogP) is 1.52. The Morgan fingerprint density at radius 2 is 2.20 bits per heavy atom. The highest BCUT2D eigenvalue weighted by Gasteiger charge is 2.44. The fourth-order valence-electron chi connectivity index (χ4n) is 2.29. The zero-order valence-corrected chi connectivity index (χ0v) is 8.21. The van der Waals surface area contributed by atoms with Gasteiger partial charge in [0, 0.05) is 31.2 Å². The molecule has 1 aromatic rings. The Labute approximate surface area is 86.9 Å². The van der Waals surface area contributed by atoms with Crippen molar-refractivity contribution >= 4 is 5.69 Å². The van der Waals surface area contributed by atoms with Crippen molar-refractivity contribution in [1.29, 1.82) is 0 Å². The van der Waals surface area contributed by atoms with E-state index in [-0.39, 0.29) is 0 Å². The zero-order chi connectivity index (χ0) is 10.4. The van der Waals surface area contributed by atoms with Crippen molar-refractivity contribution in [2.75, 3.05) is 18.0 Å². The number of benzene rings is 1. The van der Waals surface area contributed by atoms with Gasteiger partial charge < -0.3 is 10.2 Å². The van der Waals surface area contributed by atoms with E-state index in [1.54, 1.807) is 0 Å². The van der Waals surface area contributed by atoms with Gasteiger partial charge in [0.05, 0.1) is 5.69 Å². The molecule has 15 heavy (non-hydrogen) atoms. The maximum Gasteiger partial charge on any atom is 0.149 e. The van der Waals surface area contributed by atoms with E-state index in [1.807, 2.05) is 4.90 Å². The summed E-state index contributed by atoms with van der Waals surface area (Å²) < 4.78 is 26.3. The molecule has 0 radical (unpaired) electrons.